The van der Waals surface area contributed by atoms with Crippen LogP contribution in [-0.2, 0) is 14.8 Å². The van der Waals surface area contributed by atoms with E-state index in [1.54, 1.807) is 4.90 Å². The lowest BCUT2D eigenvalue weighted by Gasteiger charge is -2.38. The molecule has 0 unspecified atom stereocenters. The number of benzene rings is 1. The van der Waals surface area contributed by atoms with Gasteiger partial charge in [0, 0.05) is 32.6 Å². The van der Waals surface area contributed by atoms with Crippen molar-refractivity contribution >= 4 is 15.9 Å². The summed E-state index contributed by atoms with van der Waals surface area (Å²) in [6.45, 7) is 4.16. The highest BCUT2D eigenvalue weighted by Gasteiger charge is 2.33. The summed E-state index contributed by atoms with van der Waals surface area (Å²) < 4.78 is 39.0. The summed E-state index contributed by atoms with van der Waals surface area (Å²) >= 11 is 0. The number of nitrogens with zero attached hydrogens (tertiary/aromatic N) is 2. The molecule has 2 rings (SSSR count). The Balaban J connectivity index is 2.20. The highest BCUT2D eigenvalue weighted by molar-refractivity contribution is 7.89. The molecule has 0 aromatic heterocycles. The third kappa shape index (κ3) is 2.83. The smallest absolute Gasteiger partial charge is 0.243 e. The van der Waals surface area contributed by atoms with Crippen molar-refractivity contribution in [2.24, 2.45) is 0 Å². The third-order valence-electron chi connectivity index (χ3n) is 3.45. The van der Waals surface area contributed by atoms with E-state index in [9.17, 15) is 17.6 Å². The Labute approximate surface area is 118 Å². The number of hydrogen-bond donors (Lipinski definition) is 0. The molecule has 0 N–H and O–H groups in total. The Morgan fingerprint density at radius 1 is 1.25 bits per heavy atom. The van der Waals surface area contributed by atoms with Crippen LogP contribution in [-0.4, -0.2) is 49.2 Å². The zero-order chi connectivity index (χ0) is 14.9. The molecule has 0 aliphatic carbocycles. The van der Waals surface area contributed by atoms with Crippen LogP contribution in [0.1, 0.15) is 13.8 Å². The Bertz CT molecular complexity index is 601. The second-order valence-electron chi connectivity index (χ2n) is 4.88. The van der Waals surface area contributed by atoms with Gasteiger partial charge >= 0.3 is 0 Å². The second kappa shape index (κ2) is 5.49. The minimum absolute atomic E-state index is 0.0590. The van der Waals surface area contributed by atoms with Crippen LogP contribution in [0.15, 0.2) is 29.2 Å². The Morgan fingerprint density at radius 3 is 2.35 bits per heavy atom. The fraction of sp³-hybridized carbons (Fsp3) is 0.462. The van der Waals surface area contributed by atoms with E-state index >= 15 is 0 Å². The number of amides is 1. The normalized spacial score (nSPS) is 20.9. The molecule has 5 nitrogen and oxygen atoms in total. The van der Waals surface area contributed by atoms with Gasteiger partial charge in [0.25, 0.3) is 0 Å². The zero-order valence-corrected chi connectivity index (χ0v) is 12.2. The van der Waals surface area contributed by atoms with Crippen molar-refractivity contribution in [1.29, 1.82) is 0 Å². The lowest BCUT2D eigenvalue weighted by molar-refractivity contribution is -0.132. The molecule has 1 fully saturated rings. The average Bonchev–Trinajstić information content (AvgIpc) is 2.38. The molecule has 1 aliphatic heterocycles. The van der Waals surface area contributed by atoms with E-state index in [2.05, 4.69) is 0 Å². The molecule has 1 aliphatic rings. The molecule has 1 atom stereocenters. The number of hydrogen-bond acceptors (Lipinski definition) is 3. The molecule has 1 heterocycles. The van der Waals surface area contributed by atoms with E-state index in [0.29, 0.717) is 6.54 Å². The first-order valence-electron chi connectivity index (χ1n) is 6.35. The number of rotatable bonds is 2. The second-order valence-corrected chi connectivity index (χ2v) is 6.82. The SMILES string of the molecule is CC(=O)N1CCN(S(=O)(=O)c2ccc(F)cc2)C[C@@H]1C. The molecule has 20 heavy (non-hydrogen) atoms. The molecule has 1 aromatic rings. The van der Waals surface area contributed by atoms with Gasteiger partial charge in [-0.05, 0) is 31.2 Å². The van der Waals surface area contributed by atoms with Crippen LogP contribution in [0, 0.1) is 5.82 Å². The van der Waals surface area contributed by atoms with Crippen LogP contribution in [0.5, 0.6) is 0 Å². The maximum Gasteiger partial charge on any atom is 0.243 e. The Morgan fingerprint density at radius 2 is 1.85 bits per heavy atom. The molecule has 1 saturated heterocycles. The van der Waals surface area contributed by atoms with Crippen molar-refractivity contribution in [3.8, 4) is 0 Å². The lowest BCUT2D eigenvalue weighted by Crippen LogP contribution is -2.54. The van der Waals surface area contributed by atoms with Crippen molar-refractivity contribution in [2.75, 3.05) is 19.6 Å². The first kappa shape index (κ1) is 14.9. The minimum Gasteiger partial charge on any atom is -0.338 e. The summed E-state index contributed by atoms with van der Waals surface area (Å²) in [5.74, 6) is -0.532. The maximum atomic E-state index is 12.9. The monoisotopic (exact) mass is 300 g/mol. The van der Waals surface area contributed by atoms with Crippen molar-refractivity contribution in [3.63, 3.8) is 0 Å². The Hall–Kier alpha value is -1.47. The highest BCUT2D eigenvalue weighted by atomic mass is 32.2. The third-order valence-corrected chi connectivity index (χ3v) is 5.33. The van der Waals surface area contributed by atoms with Crippen LogP contribution >= 0.6 is 0 Å². The number of sulfonamides is 1. The summed E-state index contributed by atoms with van der Waals surface area (Å²) in [5.41, 5.74) is 0. The molecule has 0 spiro atoms. The summed E-state index contributed by atoms with van der Waals surface area (Å²) in [4.78, 5) is 13.1. The molecule has 0 bridgehead atoms. The molecule has 1 amide bonds. The highest BCUT2D eigenvalue weighted by Crippen LogP contribution is 2.20. The van der Waals surface area contributed by atoms with Crippen molar-refractivity contribution in [1.82, 2.24) is 9.21 Å². The number of carbonyl (C=O) groups is 1. The van der Waals surface area contributed by atoms with Crippen molar-refractivity contribution in [3.05, 3.63) is 30.1 Å². The van der Waals surface area contributed by atoms with E-state index in [0.717, 1.165) is 12.1 Å². The van der Waals surface area contributed by atoms with Gasteiger partial charge < -0.3 is 4.90 Å². The molecule has 0 saturated carbocycles. The van der Waals surface area contributed by atoms with Gasteiger partial charge in [0.2, 0.25) is 15.9 Å². The van der Waals surface area contributed by atoms with E-state index in [1.165, 1.54) is 23.4 Å². The van der Waals surface area contributed by atoms with Gasteiger partial charge in [0.05, 0.1) is 4.90 Å². The van der Waals surface area contributed by atoms with Crippen molar-refractivity contribution < 1.29 is 17.6 Å². The summed E-state index contributed by atoms with van der Waals surface area (Å²) in [6.07, 6.45) is 0. The van der Waals surface area contributed by atoms with Gasteiger partial charge in [-0.25, -0.2) is 12.8 Å². The average molecular weight is 300 g/mol. The van der Waals surface area contributed by atoms with E-state index in [4.69, 9.17) is 0 Å². The molecule has 7 heteroatoms. The first-order chi connectivity index (χ1) is 9.32. The first-order valence-corrected chi connectivity index (χ1v) is 7.79. The molecule has 110 valence electrons. The van der Waals surface area contributed by atoms with Gasteiger partial charge in [-0.15, -0.1) is 0 Å². The molecule has 0 radical (unpaired) electrons. The van der Waals surface area contributed by atoms with E-state index in [1.807, 2.05) is 6.92 Å². The van der Waals surface area contributed by atoms with Gasteiger partial charge in [0.15, 0.2) is 0 Å². The van der Waals surface area contributed by atoms with E-state index in [-0.39, 0.29) is 29.9 Å². The largest absolute Gasteiger partial charge is 0.338 e. The summed E-state index contributed by atoms with van der Waals surface area (Å²) in [7, 11) is -3.63. The summed E-state index contributed by atoms with van der Waals surface area (Å²) in [6, 6.07) is 4.60. The number of halogens is 1. The van der Waals surface area contributed by atoms with Gasteiger partial charge in [-0.3, -0.25) is 4.79 Å². The van der Waals surface area contributed by atoms with Gasteiger partial charge in [-0.1, -0.05) is 0 Å². The van der Waals surface area contributed by atoms with Gasteiger partial charge in [-0.2, -0.15) is 4.31 Å². The lowest BCUT2D eigenvalue weighted by atomic mass is 10.2. The Kier molecular flexibility index (Phi) is 4.10. The quantitative estimate of drug-likeness (QED) is 0.821. The standard InChI is InChI=1S/C13H17FN2O3S/c1-10-9-15(7-8-16(10)11(2)17)20(18,19)13-5-3-12(14)4-6-13/h3-6,10H,7-9H2,1-2H3/t10-/m0/s1. The predicted molar refractivity (Wildman–Crippen MR) is 72.0 cm³/mol. The van der Waals surface area contributed by atoms with Crippen LogP contribution < -0.4 is 0 Å². The maximum absolute atomic E-state index is 12.9. The zero-order valence-electron chi connectivity index (χ0n) is 11.4. The van der Waals surface area contributed by atoms with Crippen LogP contribution in [0.25, 0.3) is 0 Å². The fourth-order valence-electron chi connectivity index (χ4n) is 2.37. The molecular formula is C13H17FN2O3S. The van der Waals surface area contributed by atoms with Crippen LogP contribution in [0.3, 0.4) is 0 Å². The minimum atomic E-state index is -3.63. The number of carbonyl (C=O) groups excluding carboxylic acids is 1. The summed E-state index contributed by atoms with van der Waals surface area (Å²) in [5, 5.41) is 0. The van der Waals surface area contributed by atoms with E-state index < -0.39 is 15.8 Å². The topological polar surface area (TPSA) is 57.7 Å². The van der Waals surface area contributed by atoms with Crippen LogP contribution in [0.2, 0.25) is 0 Å². The fourth-order valence-corrected chi connectivity index (χ4v) is 3.88. The van der Waals surface area contributed by atoms with Gasteiger partial charge in [0.1, 0.15) is 5.82 Å². The number of piperazine rings is 1. The molecular weight excluding hydrogens is 283 g/mol. The molecule has 1 aromatic carbocycles. The van der Waals surface area contributed by atoms with Crippen LogP contribution in [0.4, 0.5) is 4.39 Å². The van der Waals surface area contributed by atoms with Crippen molar-refractivity contribution in [2.45, 2.75) is 24.8 Å². The predicted octanol–water partition coefficient (Wildman–Crippen LogP) is 1.07.